The van der Waals surface area contributed by atoms with Crippen molar-refractivity contribution in [3.63, 3.8) is 0 Å². The van der Waals surface area contributed by atoms with Crippen LogP contribution in [0.5, 0.6) is 5.88 Å². The first-order valence-corrected chi connectivity index (χ1v) is 11.0. The number of hydrogen-bond acceptors (Lipinski definition) is 7. The molecule has 0 unspecified atom stereocenters. The average Bonchev–Trinajstić information content (AvgIpc) is 3.33. The van der Waals surface area contributed by atoms with Crippen LogP contribution in [0.1, 0.15) is 42.4 Å². The van der Waals surface area contributed by atoms with Crippen LogP contribution in [0.25, 0.3) is 0 Å². The number of nitrogens with zero attached hydrogens (tertiary/aromatic N) is 4. The van der Waals surface area contributed by atoms with Gasteiger partial charge in [0.1, 0.15) is 11.9 Å². The van der Waals surface area contributed by atoms with E-state index in [1.165, 1.54) is 18.4 Å². The summed E-state index contributed by atoms with van der Waals surface area (Å²) in [4.78, 5) is 16.6. The van der Waals surface area contributed by atoms with E-state index in [0.717, 1.165) is 61.9 Å². The van der Waals surface area contributed by atoms with Crippen LogP contribution in [-0.2, 0) is 16.0 Å². The molecule has 3 fully saturated rings. The van der Waals surface area contributed by atoms with Crippen LogP contribution in [-0.4, -0.2) is 60.3 Å². The van der Waals surface area contributed by atoms with Crippen LogP contribution < -0.4 is 9.64 Å². The Labute approximate surface area is 176 Å². The fourth-order valence-electron chi connectivity index (χ4n) is 5.09. The molecule has 0 aromatic carbocycles. The monoisotopic (exact) mass is 406 g/mol. The Hall–Kier alpha value is -2.51. The molecular formula is C23H26N4O3. The minimum absolute atomic E-state index is 0.150. The predicted molar refractivity (Wildman–Crippen MR) is 112 cm³/mol. The summed E-state index contributed by atoms with van der Waals surface area (Å²) in [6, 6.07) is 7.13. The summed E-state index contributed by atoms with van der Waals surface area (Å²) < 4.78 is 17.5. The fraction of sp³-hybridized carbons (Fsp3) is 0.522. The molecule has 4 aliphatic heterocycles. The molecule has 156 valence electrons. The number of rotatable bonds is 4. The van der Waals surface area contributed by atoms with Crippen LogP contribution >= 0.6 is 0 Å². The molecule has 7 nitrogen and oxygen atoms in total. The third-order valence-corrected chi connectivity index (χ3v) is 6.62. The van der Waals surface area contributed by atoms with Gasteiger partial charge in [-0.1, -0.05) is 0 Å². The number of anilines is 1. The van der Waals surface area contributed by atoms with Gasteiger partial charge in [-0.25, -0.2) is 9.97 Å². The highest BCUT2D eigenvalue weighted by molar-refractivity contribution is 6.16. The lowest BCUT2D eigenvalue weighted by atomic mass is 10.0. The smallest absolute Gasteiger partial charge is 0.223 e. The van der Waals surface area contributed by atoms with Crippen LogP contribution in [0, 0.1) is 0 Å². The van der Waals surface area contributed by atoms with Crippen LogP contribution in [0.4, 0.5) is 5.82 Å². The van der Waals surface area contributed by atoms with Crippen molar-refractivity contribution >= 4 is 11.5 Å². The van der Waals surface area contributed by atoms with Gasteiger partial charge in [0.25, 0.3) is 0 Å². The topological polar surface area (TPSA) is 69.1 Å². The lowest BCUT2D eigenvalue weighted by Crippen LogP contribution is -2.46. The van der Waals surface area contributed by atoms with Gasteiger partial charge in [0, 0.05) is 30.8 Å². The molecule has 0 saturated carbocycles. The third kappa shape index (κ3) is 3.17. The Morgan fingerprint density at radius 1 is 0.933 bits per heavy atom. The van der Waals surface area contributed by atoms with Crippen molar-refractivity contribution in [2.24, 2.45) is 4.99 Å². The van der Waals surface area contributed by atoms with Gasteiger partial charge in [-0.15, -0.1) is 0 Å². The predicted octanol–water partition coefficient (Wildman–Crippen LogP) is 2.75. The maximum Gasteiger partial charge on any atom is 0.223 e. The van der Waals surface area contributed by atoms with Gasteiger partial charge in [-0.05, 0) is 36.6 Å². The molecule has 0 aliphatic carbocycles. The summed E-state index contributed by atoms with van der Waals surface area (Å²) in [7, 11) is 0. The van der Waals surface area contributed by atoms with E-state index in [4.69, 9.17) is 24.2 Å². The van der Waals surface area contributed by atoms with E-state index in [1.54, 1.807) is 0 Å². The van der Waals surface area contributed by atoms with E-state index in [0.29, 0.717) is 24.5 Å². The molecule has 2 bridgehead atoms. The van der Waals surface area contributed by atoms with Crippen molar-refractivity contribution in [3.05, 3.63) is 47.3 Å². The first-order valence-electron chi connectivity index (χ1n) is 11.0. The van der Waals surface area contributed by atoms with Gasteiger partial charge in [0.15, 0.2) is 0 Å². The Balaban J connectivity index is 1.32. The second-order valence-electron chi connectivity index (χ2n) is 8.48. The minimum Gasteiger partial charge on any atom is -0.474 e. The number of aromatic nitrogens is 2. The minimum atomic E-state index is 0.150. The summed E-state index contributed by atoms with van der Waals surface area (Å²) in [5, 5.41) is 0. The van der Waals surface area contributed by atoms with Crippen molar-refractivity contribution in [1.29, 1.82) is 0 Å². The molecule has 6 heterocycles. The van der Waals surface area contributed by atoms with Gasteiger partial charge < -0.3 is 19.1 Å². The second kappa shape index (κ2) is 7.63. The lowest BCUT2D eigenvalue weighted by Gasteiger charge is -2.35. The number of pyridine rings is 2. The number of aliphatic imine (C=N–C) groups is 1. The van der Waals surface area contributed by atoms with E-state index >= 15 is 0 Å². The second-order valence-corrected chi connectivity index (χ2v) is 8.48. The third-order valence-electron chi connectivity index (χ3n) is 6.62. The van der Waals surface area contributed by atoms with E-state index in [9.17, 15) is 0 Å². The molecule has 0 radical (unpaired) electrons. The molecule has 30 heavy (non-hydrogen) atoms. The summed E-state index contributed by atoms with van der Waals surface area (Å²) in [5.74, 6) is 1.72. The molecule has 6 rings (SSSR count). The summed E-state index contributed by atoms with van der Waals surface area (Å²) in [6.07, 6.45) is 8.02. The number of hydrogen-bond donors (Lipinski definition) is 0. The summed E-state index contributed by atoms with van der Waals surface area (Å²) in [5.41, 5.74) is 4.25. The maximum atomic E-state index is 6.33. The van der Waals surface area contributed by atoms with E-state index in [1.807, 2.05) is 24.5 Å². The van der Waals surface area contributed by atoms with Crippen molar-refractivity contribution in [2.45, 2.75) is 50.4 Å². The number of morpholine rings is 1. The fourth-order valence-corrected chi connectivity index (χ4v) is 5.09. The van der Waals surface area contributed by atoms with E-state index < -0.39 is 0 Å². The molecule has 3 saturated heterocycles. The van der Waals surface area contributed by atoms with Crippen molar-refractivity contribution in [2.75, 3.05) is 31.3 Å². The van der Waals surface area contributed by atoms with E-state index in [2.05, 4.69) is 16.0 Å². The van der Waals surface area contributed by atoms with Crippen LogP contribution in [0.2, 0.25) is 0 Å². The molecule has 7 heteroatoms. The van der Waals surface area contributed by atoms with Crippen LogP contribution in [0.15, 0.2) is 35.6 Å². The Bertz CT molecular complexity index is 957. The number of ether oxygens (including phenoxy) is 3. The molecule has 2 atom stereocenters. The highest BCUT2D eigenvalue weighted by Crippen LogP contribution is 2.35. The molecule has 0 N–H and O–H groups in total. The van der Waals surface area contributed by atoms with Gasteiger partial charge in [0.05, 0.1) is 56.3 Å². The Morgan fingerprint density at radius 2 is 1.73 bits per heavy atom. The zero-order chi connectivity index (χ0) is 19.9. The number of fused-ring (bicyclic) bond motifs is 3. The first-order chi connectivity index (χ1) is 14.9. The summed E-state index contributed by atoms with van der Waals surface area (Å²) in [6.45, 7) is 3.74. The van der Waals surface area contributed by atoms with Crippen molar-refractivity contribution in [1.82, 2.24) is 9.97 Å². The zero-order valence-corrected chi connectivity index (χ0v) is 17.0. The highest BCUT2D eigenvalue weighted by atomic mass is 16.5. The molecule has 0 amide bonds. The quantitative estimate of drug-likeness (QED) is 0.778. The average molecular weight is 406 g/mol. The van der Waals surface area contributed by atoms with Gasteiger partial charge in [-0.3, -0.25) is 4.99 Å². The van der Waals surface area contributed by atoms with E-state index in [-0.39, 0.29) is 6.10 Å². The molecular weight excluding hydrogens is 380 g/mol. The summed E-state index contributed by atoms with van der Waals surface area (Å²) >= 11 is 0. The van der Waals surface area contributed by atoms with Gasteiger partial charge >= 0.3 is 0 Å². The Morgan fingerprint density at radius 3 is 2.57 bits per heavy atom. The van der Waals surface area contributed by atoms with Crippen LogP contribution in [0.3, 0.4) is 0 Å². The standard InChI is InChI=1S/C23H26N4O3/c1-2-18-14-29-13-17(1)27(18)20-11-15(3-7-24-20)22-21-16(12-26-22)4-8-25-23(21)30-19-5-9-28-10-6-19/h3-4,7-8,11,17-19H,1-2,5-6,9-10,12-14H2/t17-,18+. The van der Waals surface area contributed by atoms with Crippen molar-refractivity contribution < 1.29 is 14.2 Å². The molecule has 4 aliphatic rings. The molecule has 0 spiro atoms. The largest absolute Gasteiger partial charge is 0.474 e. The lowest BCUT2D eigenvalue weighted by molar-refractivity contribution is 0.0236. The first kappa shape index (κ1) is 18.3. The normalized spacial score (nSPS) is 25.9. The van der Waals surface area contributed by atoms with Gasteiger partial charge in [-0.2, -0.15) is 0 Å². The molecule has 2 aromatic heterocycles. The maximum absolute atomic E-state index is 6.33. The van der Waals surface area contributed by atoms with Gasteiger partial charge in [0.2, 0.25) is 5.88 Å². The van der Waals surface area contributed by atoms with Crippen molar-refractivity contribution in [3.8, 4) is 5.88 Å². The zero-order valence-electron chi connectivity index (χ0n) is 17.0. The Kier molecular flexibility index (Phi) is 4.65. The highest BCUT2D eigenvalue weighted by Gasteiger charge is 2.38. The molecule has 2 aromatic rings. The SMILES string of the molecule is c1cc(C2=NCc3ccnc(OC4CCOCC4)c32)cc(N2[C@@H]3CC[C@H]2COC3)n1.